The molecule has 0 bridgehead atoms. The second-order valence-corrected chi connectivity index (χ2v) is 8.74. The molecule has 1 aliphatic carbocycles. The van der Waals surface area contributed by atoms with E-state index in [1.54, 1.807) is 6.92 Å². The minimum Gasteiger partial charge on any atom is -0.466 e. The van der Waals surface area contributed by atoms with Crippen LogP contribution in [0.4, 0.5) is 0 Å². The number of amides is 2. The molecule has 1 atom stereocenters. The number of hydrogen-bond donors (Lipinski definition) is 1. The minimum atomic E-state index is -0.326. The third kappa shape index (κ3) is 7.05. The quantitative estimate of drug-likeness (QED) is 0.562. The molecule has 1 aromatic carbocycles. The van der Waals surface area contributed by atoms with Crippen molar-refractivity contribution >= 4 is 17.8 Å². The van der Waals surface area contributed by atoms with Crippen molar-refractivity contribution in [3.05, 3.63) is 35.9 Å². The summed E-state index contributed by atoms with van der Waals surface area (Å²) >= 11 is 0. The molecule has 0 spiro atoms. The normalized spacial score (nSPS) is 18.3. The largest absolute Gasteiger partial charge is 0.466 e. The highest BCUT2D eigenvalue weighted by atomic mass is 16.5. The van der Waals surface area contributed by atoms with Gasteiger partial charge in [0.1, 0.15) is 0 Å². The maximum absolute atomic E-state index is 13.2. The molecule has 0 aromatic heterocycles. The molecule has 3 rings (SSSR count). The fraction of sp³-hybridized carbons (Fsp3) is 0.640. The number of carbonyl (C=O) groups is 3. The summed E-state index contributed by atoms with van der Waals surface area (Å²) in [6.07, 6.45) is 5.69. The van der Waals surface area contributed by atoms with Crippen LogP contribution in [0.3, 0.4) is 0 Å². The zero-order valence-electron chi connectivity index (χ0n) is 19.3. The van der Waals surface area contributed by atoms with Crippen LogP contribution in [0.2, 0.25) is 0 Å². The molecule has 1 unspecified atom stereocenters. The van der Waals surface area contributed by atoms with Crippen LogP contribution in [0.15, 0.2) is 30.3 Å². The van der Waals surface area contributed by atoms with Gasteiger partial charge >= 0.3 is 5.97 Å². The van der Waals surface area contributed by atoms with E-state index >= 15 is 0 Å². The first-order valence-electron chi connectivity index (χ1n) is 12.1. The topological polar surface area (TPSA) is 79.0 Å². The predicted octanol–water partition coefficient (Wildman–Crippen LogP) is 2.39. The predicted molar refractivity (Wildman–Crippen MR) is 123 cm³/mol. The molecule has 1 N–H and O–H groups in total. The monoisotopic (exact) mass is 443 g/mol. The lowest BCUT2D eigenvalue weighted by Crippen LogP contribution is -2.58. The van der Waals surface area contributed by atoms with Gasteiger partial charge in [-0.1, -0.05) is 43.2 Å². The number of hydrogen-bond acceptors (Lipinski definition) is 5. The first-order valence-corrected chi connectivity index (χ1v) is 12.1. The van der Waals surface area contributed by atoms with Gasteiger partial charge in [0.25, 0.3) is 0 Å². The molecule has 7 heteroatoms. The highest BCUT2D eigenvalue weighted by Crippen LogP contribution is 2.31. The van der Waals surface area contributed by atoms with E-state index in [0.29, 0.717) is 45.2 Å². The zero-order chi connectivity index (χ0) is 22.8. The minimum absolute atomic E-state index is 0.0116. The Kier molecular flexibility index (Phi) is 9.53. The third-order valence-electron chi connectivity index (χ3n) is 6.58. The van der Waals surface area contributed by atoms with Gasteiger partial charge in [-0.25, -0.2) is 0 Å². The van der Waals surface area contributed by atoms with Crippen molar-refractivity contribution in [2.45, 2.75) is 57.9 Å². The molecule has 2 aliphatic rings. The average Bonchev–Trinajstić information content (AvgIpc) is 3.33. The van der Waals surface area contributed by atoms with Gasteiger partial charge in [-0.15, -0.1) is 0 Å². The van der Waals surface area contributed by atoms with Crippen LogP contribution in [-0.2, 0) is 25.5 Å². The first-order chi connectivity index (χ1) is 15.6. The second-order valence-electron chi connectivity index (χ2n) is 8.74. The number of esters is 1. The summed E-state index contributed by atoms with van der Waals surface area (Å²) in [5.74, 6) is 0.170. The van der Waals surface area contributed by atoms with Crippen LogP contribution in [0.1, 0.15) is 51.0 Å². The van der Waals surface area contributed by atoms with Gasteiger partial charge in [0.15, 0.2) is 0 Å². The van der Waals surface area contributed by atoms with E-state index in [2.05, 4.69) is 22.3 Å². The van der Waals surface area contributed by atoms with E-state index in [-0.39, 0.29) is 36.7 Å². The van der Waals surface area contributed by atoms with Gasteiger partial charge in [-0.05, 0) is 37.7 Å². The van der Waals surface area contributed by atoms with Crippen molar-refractivity contribution < 1.29 is 19.1 Å². The number of nitrogens with zero attached hydrogens (tertiary/aromatic N) is 2. The average molecular weight is 444 g/mol. The number of benzene rings is 1. The van der Waals surface area contributed by atoms with Crippen LogP contribution in [0.5, 0.6) is 0 Å². The summed E-state index contributed by atoms with van der Waals surface area (Å²) in [7, 11) is 0. The van der Waals surface area contributed by atoms with Gasteiger partial charge in [-0.3, -0.25) is 19.3 Å². The smallest absolute Gasteiger partial charge is 0.306 e. The number of rotatable bonds is 10. The summed E-state index contributed by atoms with van der Waals surface area (Å²) in [5.41, 5.74) is 1.22. The Morgan fingerprint density at radius 1 is 1.03 bits per heavy atom. The van der Waals surface area contributed by atoms with Crippen molar-refractivity contribution in [3.63, 3.8) is 0 Å². The fourth-order valence-corrected chi connectivity index (χ4v) is 4.88. The number of nitrogens with one attached hydrogen (secondary N) is 1. The van der Waals surface area contributed by atoms with Crippen molar-refractivity contribution in [3.8, 4) is 0 Å². The lowest BCUT2D eigenvalue weighted by atomic mass is 9.95. The molecule has 1 aromatic rings. The van der Waals surface area contributed by atoms with Crippen LogP contribution in [0, 0.1) is 5.92 Å². The molecule has 176 valence electrons. The standard InChI is InChI=1S/C25H37N3O4/c1-2-32-23(30)13-12-22(29)27-16-18-28(19-17-27)24(21-10-6-7-11-21)25(31)26-15-14-20-8-4-3-5-9-20/h3-5,8-9,21,24H,2,6-7,10-19H2,1H3,(H,26,31). The number of carbonyl (C=O) groups excluding carboxylic acids is 3. The lowest BCUT2D eigenvalue weighted by Gasteiger charge is -2.40. The van der Waals surface area contributed by atoms with Crippen molar-refractivity contribution in [2.24, 2.45) is 5.92 Å². The van der Waals surface area contributed by atoms with Gasteiger partial charge in [0, 0.05) is 39.1 Å². The first kappa shape index (κ1) is 24.2. The zero-order valence-corrected chi connectivity index (χ0v) is 19.3. The summed E-state index contributed by atoms with van der Waals surface area (Å²) in [4.78, 5) is 41.3. The van der Waals surface area contributed by atoms with E-state index in [1.807, 2.05) is 23.1 Å². The van der Waals surface area contributed by atoms with Crippen LogP contribution in [0.25, 0.3) is 0 Å². The van der Waals surface area contributed by atoms with Crippen molar-refractivity contribution in [2.75, 3.05) is 39.3 Å². The molecule has 1 aliphatic heterocycles. The maximum atomic E-state index is 13.2. The SMILES string of the molecule is CCOC(=O)CCC(=O)N1CCN(C(C(=O)NCCc2ccccc2)C2CCCC2)CC1. The maximum Gasteiger partial charge on any atom is 0.306 e. The summed E-state index contributed by atoms with van der Waals surface area (Å²) < 4.78 is 4.91. The summed E-state index contributed by atoms with van der Waals surface area (Å²) in [6, 6.07) is 10.1. The van der Waals surface area contributed by atoms with Crippen molar-refractivity contribution in [1.29, 1.82) is 0 Å². The Morgan fingerprint density at radius 2 is 1.72 bits per heavy atom. The Balaban J connectivity index is 1.50. The fourth-order valence-electron chi connectivity index (χ4n) is 4.88. The van der Waals surface area contributed by atoms with Gasteiger partial charge in [0.2, 0.25) is 11.8 Å². The molecule has 2 fully saturated rings. The highest BCUT2D eigenvalue weighted by molar-refractivity contribution is 5.83. The van der Waals surface area contributed by atoms with Gasteiger partial charge in [0.05, 0.1) is 19.1 Å². The highest BCUT2D eigenvalue weighted by Gasteiger charge is 2.37. The molecule has 0 radical (unpaired) electrons. The number of ether oxygens (including phenoxy) is 1. The summed E-state index contributed by atoms with van der Waals surface area (Å²) in [5, 5.41) is 3.17. The van der Waals surface area contributed by atoms with Crippen LogP contribution >= 0.6 is 0 Å². The van der Waals surface area contributed by atoms with E-state index in [4.69, 9.17) is 4.74 Å². The van der Waals surface area contributed by atoms with Crippen molar-refractivity contribution in [1.82, 2.24) is 15.1 Å². The molecule has 2 amide bonds. The van der Waals surface area contributed by atoms with Crippen LogP contribution < -0.4 is 5.32 Å². The lowest BCUT2D eigenvalue weighted by molar-refractivity contribution is -0.146. The molecule has 1 saturated heterocycles. The van der Waals surface area contributed by atoms with E-state index in [0.717, 1.165) is 19.3 Å². The number of piperazine rings is 1. The second kappa shape index (κ2) is 12.6. The Bertz CT molecular complexity index is 741. The van der Waals surface area contributed by atoms with Crippen LogP contribution in [-0.4, -0.2) is 73.0 Å². The molecule has 32 heavy (non-hydrogen) atoms. The summed E-state index contributed by atoms with van der Waals surface area (Å²) in [6.45, 7) is 5.32. The molecular weight excluding hydrogens is 406 g/mol. The molecule has 1 saturated carbocycles. The van der Waals surface area contributed by atoms with E-state index < -0.39 is 0 Å². The van der Waals surface area contributed by atoms with Gasteiger partial charge in [-0.2, -0.15) is 0 Å². The van der Waals surface area contributed by atoms with E-state index in [1.165, 1.54) is 18.4 Å². The molecule has 1 heterocycles. The Hall–Kier alpha value is -2.41. The molecule has 7 nitrogen and oxygen atoms in total. The van der Waals surface area contributed by atoms with Gasteiger partial charge < -0.3 is 15.0 Å². The van der Waals surface area contributed by atoms with E-state index in [9.17, 15) is 14.4 Å². The Labute approximate surface area is 191 Å². The third-order valence-corrected chi connectivity index (χ3v) is 6.58. The Morgan fingerprint density at radius 3 is 2.38 bits per heavy atom. The molecular formula is C25H37N3O4.